The van der Waals surface area contributed by atoms with E-state index >= 15 is 0 Å². The Morgan fingerprint density at radius 1 is 1.39 bits per heavy atom. The highest BCUT2D eigenvalue weighted by Gasteiger charge is 2.16. The molecule has 2 rings (SSSR count). The van der Waals surface area contributed by atoms with Crippen LogP contribution in [-0.2, 0) is 18.0 Å². The minimum absolute atomic E-state index is 0.0841. The molecule has 0 aromatic heterocycles. The summed E-state index contributed by atoms with van der Waals surface area (Å²) in [4.78, 5) is 14.0. The van der Waals surface area contributed by atoms with Gasteiger partial charge in [0.2, 0.25) is 0 Å². The van der Waals surface area contributed by atoms with Gasteiger partial charge in [-0.15, -0.1) is 0 Å². The van der Waals surface area contributed by atoms with Crippen molar-refractivity contribution in [2.24, 2.45) is 0 Å². The number of nitrogens with one attached hydrogen (secondary N) is 1. The fraction of sp³-hybridized carbons (Fsp3) is 0.500. The number of rotatable bonds is 5. The van der Waals surface area contributed by atoms with E-state index in [-0.39, 0.29) is 5.91 Å². The topological polar surface area (TPSA) is 41.6 Å². The van der Waals surface area contributed by atoms with Crippen LogP contribution in [-0.4, -0.2) is 38.0 Å². The van der Waals surface area contributed by atoms with Crippen LogP contribution in [0.1, 0.15) is 27.9 Å². The van der Waals surface area contributed by atoms with E-state index in [1.165, 1.54) is 5.56 Å². The summed E-state index contributed by atoms with van der Waals surface area (Å²) in [6.45, 7) is 2.99. The van der Waals surface area contributed by atoms with E-state index in [1.54, 1.807) is 4.90 Å². The molecule has 1 amide bonds. The summed E-state index contributed by atoms with van der Waals surface area (Å²) in [6, 6.07) is 5.85. The second-order valence-corrected chi connectivity index (χ2v) is 4.66. The minimum Gasteiger partial charge on any atom is -0.372 e. The van der Waals surface area contributed by atoms with Crippen LogP contribution < -0.4 is 5.32 Å². The molecule has 0 saturated heterocycles. The normalized spacial score (nSPS) is 13.4. The van der Waals surface area contributed by atoms with Gasteiger partial charge in [0.15, 0.2) is 0 Å². The summed E-state index contributed by atoms with van der Waals surface area (Å²) >= 11 is 0. The molecule has 98 valence electrons. The standard InChI is InChI=1S/C14H20N2O2/c1-15-6-3-7-16(2)14(17)11-4-5-12-9-18-10-13(12)8-11/h4-5,8,15H,3,6-7,9-10H2,1-2H3. The Morgan fingerprint density at radius 3 is 2.94 bits per heavy atom. The molecule has 1 aliphatic heterocycles. The van der Waals surface area contributed by atoms with Crippen LogP contribution in [0.3, 0.4) is 0 Å². The van der Waals surface area contributed by atoms with Crippen LogP contribution in [0.5, 0.6) is 0 Å². The van der Waals surface area contributed by atoms with Crippen LogP contribution >= 0.6 is 0 Å². The van der Waals surface area contributed by atoms with Crippen LogP contribution in [0, 0.1) is 0 Å². The van der Waals surface area contributed by atoms with E-state index in [4.69, 9.17) is 4.74 Å². The van der Waals surface area contributed by atoms with Crippen molar-refractivity contribution in [2.45, 2.75) is 19.6 Å². The average Bonchev–Trinajstić information content (AvgIpc) is 2.85. The van der Waals surface area contributed by atoms with Gasteiger partial charge in [-0.1, -0.05) is 6.07 Å². The first-order valence-corrected chi connectivity index (χ1v) is 6.32. The quantitative estimate of drug-likeness (QED) is 0.801. The van der Waals surface area contributed by atoms with Crippen molar-refractivity contribution < 1.29 is 9.53 Å². The highest BCUT2D eigenvalue weighted by atomic mass is 16.5. The Labute approximate surface area is 108 Å². The van der Waals surface area contributed by atoms with Crippen LogP contribution in [0.15, 0.2) is 18.2 Å². The Morgan fingerprint density at radius 2 is 2.17 bits per heavy atom. The lowest BCUT2D eigenvalue weighted by atomic mass is 10.1. The van der Waals surface area contributed by atoms with Crippen LogP contribution in [0.4, 0.5) is 0 Å². The van der Waals surface area contributed by atoms with E-state index < -0.39 is 0 Å². The molecule has 1 aliphatic rings. The van der Waals surface area contributed by atoms with Crippen molar-refractivity contribution in [2.75, 3.05) is 27.2 Å². The zero-order valence-corrected chi connectivity index (χ0v) is 11.0. The fourth-order valence-electron chi connectivity index (χ4n) is 2.12. The molecular formula is C14H20N2O2. The average molecular weight is 248 g/mol. The van der Waals surface area contributed by atoms with Gasteiger partial charge < -0.3 is 15.0 Å². The first kappa shape index (κ1) is 13.1. The summed E-state index contributed by atoms with van der Waals surface area (Å²) in [5.74, 6) is 0.0841. The van der Waals surface area contributed by atoms with Gasteiger partial charge in [0.05, 0.1) is 13.2 Å². The monoisotopic (exact) mass is 248 g/mol. The van der Waals surface area contributed by atoms with E-state index in [9.17, 15) is 4.79 Å². The number of nitrogens with zero attached hydrogens (tertiary/aromatic N) is 1. The van der Waals surface area contributed by atoms with Crippen LogP contribution in [0.25, 0.3) is 0 Å². The zero-order valence-electron chi connectivity index (χ0n) is 11.0. The molecule has 1 aromatic rings. The van der Waals surface area contributed by atoms with Gasteiger partial charge in [0.1, 0.15) is 0 Å². The lowest BCUT2D eigenvalue weighted by Crippen LogP contribution is -2.29. The molecule has 0 saturated carbocycles. The zero-order chi connectivity index (χ0) is 13.0. The molecule has 0 atom stereocenters. The molecule has 0 fully saturated rings. The second-order valence-electron chi connectivity index (χ2n) is 4.66. The number of ether oxygens (including phenoxy) is 1. The molecule has 0 radical (unpaired) electrons. The summed E-state index contributed by atoms with van der Waals surface area (Å²) in [7, 11) is 3.77. The molecule has 0 unspecified atom stereocenters. The predicted octanol–water partition coefficient (Wildman–Crippen LogP) is 1.40. The van der Waals surface area contributed by atoms with E-state index in [0.717, 1.165) is 30.6 Å². The Balaban J connectivity index is 2.00. The molecule has 1 N–H and O–H groups in total. The van der Waals surface area contributed by atoms with Gasteiger partial charge in [0.25, 0.3) is 5.91 Å². The highest BCUT2D eigenvalue weighted by molar-refractivity contribution is 5.94. The van der Waals surface area contributed by atoms with Crippen molar-refractivity contribution in [3.8, 4) is 0 Å². The molecular weight excluding hydrogens is 228 g/mol. The number of carbonyl (C=O) groups is 1. The number of fused-ring (bicyclic) bond motifs is 1. The first-order valence-electron chi connectivity index (χ1n) is 6.32. The predicted molar refractivity (Wildman–Crippen MR) is 70.4 cm³/mol. The molecule has 0 bridgehead atoms. The number of amides is 1. The Hall–Kier alpha value is -1.39. The maximum Gasteiger partial charge on any atom is 0.253 e. The Kier molecular flexibility index (Phi) is 4.33. The molecule has 0 aliphatic carbocycles. The molecule has 4 heteroatoms. The first-order chi connectivity index (χ1) is 8.72. The number of hydrogen-bond acceptors (Lipinski definition) is 3. The van der Waals surface area contributed by atoms with Crippen molar-refractivity contribution in [1.82, 2.24) is 10.2 Å². The van der Waals surface area contributed by atoms with Gasteiger partial charge >= 0.3 is 0 Å². The molecule has 1 heterocycles. The maximum absolute atomic E-state index is 12.2. The van der Waals surface area contributed by atoms with E-state index in [0.29, 0.717) is 13.2 Å². The Bertz CT molecular complexity index is 432. The summed E-state index contributed by atoms with van der Waals surface area (Å²) in [5, 5.41) is 3.08. The third kappa shape index (κ3) is 2.89. The number of benzene rings is 1. The van der Waals surface area contributed by atoms with E-state index in [1.807, 2.05) is 32.3 Å². The van der Waals surface area contributed by atoms with Crippen molar-refractivity contribution in [3.05, 3.63) is 34.9 Å². The largest absolute Gasteiger partial charge is 0.372 e. The summed E-state index contributed by atoms with van der Waals surface area (Å²) in [6.07, 6.45) is 0.965. The molecule has 1 aromatic carbocycles. The molecule has 0 spiro atoms. The van der Waals surface area contributed by atoms with Gasteiger partial charge in [-0.25, -0.2) is 0 Å². The summed E-state index contributed by atoms with van der Waals surface area (Å²) in [5.41, 5.74) is 3.10. The smallest absolute Gasteiger partial charge is 0.253 e. The van der Waals surface area contributed by atoms with Crippen molar-refractivity contribution in [1.29, 1.82) is 0 Å². The van der Waals surface area contributed by atoms with Crippen molar-refractivity contribution in [3.63, 3.8) is 0 Å². The van der Waals surface area contributed by atoms with Crippen LogP contribution in [0.2, 0.25) is 0 Å². The van der Waals surface area contributed by atoms with Gasteiger partial charge in [-0.3, -0.25) is 4.79 Å². The fourth-order valence-corrected chi connectivity index (χ4v) is 2.12. The highest BCUT2D eigenvalue weighted by Crippen LogP contribution is 2.21. The third-order valence-corrected chi connectivity index (χ3v) is 3.24. The van der Waals surface area contributed by atoms with E-state index in [2.05, 4.69) is 5.32 Å². The number of carbonyl (C=O) groups excluding carboxylic acids is 1. The van der Waals surface area contributed by atoms with Gasteiger partial charge in [-0.2, -0.15) is 0 Å². The molecule has 4 nitrogen and oxygen atoms in total. The maximum atomic E-state index is 12.2. The lowest BCUT2D eigenvalue weighted by molar-refractivity contribution is 0.0793. The number of hydrogen-bond donors (Lipinski definition) is 1. The molecule has 18 heavy (non-hydrogen) atoms. The van der Waals surface area contributed by atoms with Gasteiger partial charge in [0, 0.05) is 19.2 Å². The SMILES string of the molecule is CNCCCN(C)C(=O)c1ccc2c(c1)COC2. The third-order valence-electron chi connectivity index (χ3n) is 3.24. The second kappa shape index (κ2) is 5.98. The lowest BCUT2D eigenvalue weighted by Gasteiger charge is -2.17. The summed E-state index contributed by atoms with van der Waals surface area (Å²) < 4.78 is 5.36. The minimum atomic E-state index is 0.0841. The van der Waals surface area contributed by atoms with Gasteiger partial charge in [-0.05, 0) is 43.3 Å². The van der Waals surface area contributed by atoms with Crippen molar-refractivity contribution >= 4 is 5.91 Å².